The minimum absolute atomic E-state index is 0.0603. The first-order valence-corrected chi connectivity index (χ1v) is 7.71. The van der Waals surface area contributed by atoms with E-state index in [9.17, 15) is 8.42 Å². The number of imidazole rings is 1. The highest BCUT2D eigenvalue weighted by Crippen LogP contribution is 2.27. The second kappa shape index (κ2) is 5.06. The number of nitrogens with zero attached hydrogens (tertiary/aromatic N) is 3. The van der Waals surface area contributed by atoms with Crippen LogP contribution in [0, 0.1) is 0 Å². The van der Waals surface area contributed by atoms with E-state index in [1.165, 1.54) is 18.4 Å². The summed E-state index contributed by atoms with van der Waals surface area (Å²) in [5, 5.41) is 0.0603. The molecule has 110 valence electrons. The summed E-state index contributed by atoms with van der Waals surface area (Å²) in [5.41, 5.74) is 0.529. The van der Waals surface area contributed by atoms with E-state index in [4.69, 9.17) is 4.74 Å². The number of sulfonamides is 1. The zero-order valence-electron chi connectivity index (χ0n) is 12.3. The maximum atomic E-state index is 12.4. The topological polar surface area (TPSA) is 63.9 Å². The molecule has 0 atom stereocenters. The van der Waals surface area contributed by atoms with Gasteiger partial charge in [-0.3, -0.25) is 0 Å². The van der Waals surface area contributed by atoms with Crippen LogP contribution >= 0.6 is 0 Å². The van der Waals surface area contributed by atoms with E-state index in [-0.39, 0.29) is 10.9 Å². The van der Waals surface area contributed by atoms with Crippen molar-refractivity contribution in [2.24, 2.45) is 0 Å². The molecule has 2 aromatic rings. The van der Waals surface area contributed by atoms with Crippen molar-refractivity contribution in [2.45, 2.75) is 24.8 Å². The molecule has 0 aliphatic heterocycles. The van der Waals surface area contributed by atoms with Crippen molar-refractivity contribution in [2.75, 3.05) is 21.2 Å². The Hall–Kier alpha value is -1.60. The summed E-state index contributed by atoms with van der Waals surface area (Å²) in [6, 6.07) is 3.47. The van der Waals surface area contributed by atoms with E-state index in [0.29, 0.717) is 17.1 Å². The Balaban J connectivity index is 2.84. The Kier molecular flexibility index (Phi) is 3.75. The fourth-order valence-electron chi connectivity index (χ4n) is 1.96. The monoisotopic (exact) mass is 297 g/mol. The van der Waals surface area contributed by atoms with Gasteiger partial charge in [-0.25, -0.2) is 17.7 Å². The molecule has 0 aliphatic carbocycles. The number of hydrogen-bond acceptors (Lipinski definition) is 4. The number of fused-ring (bicyclic) bond motifs is 1. The van der Waals surface area contributed by atoms with Gasteiger partial charge in [-0.1, -0.05) is 13.8 Å². The zero-order valence-corrected chi connectivity index (χ0v) is 13.1. The number of ether oxygens (including phenoxy) is 1. The molecule has 0 aromatic carbocycles. The highest BCUT2D eigenvalue weighted by Gasteiger charge is 2.26. The number of pyridine rings is 1. The molecule has 2 rings (SSSR count). The van der Waals surface area contributed by atoms with Gasteiger partial charge in [-0.05, 0) is 6.07 Å². The van der Waals surface area contributed by atoms with Crippen molar-refractivity contribution in [3.05, 3.63) is 24.2 Å². The first-order valence-electron chi connectivity index (χ1n) is 6.27. The molecule has 0 unspecified atom stereocenters. The predicted molar refractivity (Wildman–Crippen MR) is 76.7 cm³/mol. The Bertz CT molecular complexity index is 733. The highest BCUT2D eigenvalue weighted by molar-refractivity contribution is 7.89. The average molecular weight is 297 g/mol. The van der Waals surface area contributed by atoms with E-state index in [2.05, 4.69) is 4.98 Å². The third-order valence-corrected chi connectivity index (χ3v) is 4.84. The molecular weight excluding hydrogens is 278 g/mol. The molecule has 0 bridgehead atoms. The van der Waals surface area contributed by atoms with Gasteiger partial charge in [0.15, 0.2) is 5.03 Å². The number of hydrogen-bond donors (Lipinski definition) is 0. The Morgan fingerprint density at radius 2 is 2.00 bits per heavy atom. The van der Waals surface area contributed by atoms with Crippen molar-refractivity contribution in [1.29, 1.82) is 0 Å². The van der Waals surface area contributed by atoms with Crippen LogP contribution in [-0.4, -0.2) is 43.3 Å². The Labute approximate surface area is 119 Å². The lowest BCUT2D eigenvalue weighted by Gasteiger charge is -2.09. The largest absolute Gasteiger partial charge is 0.497 e. The molecule has 0 spiro atoms. The lowest BCUT2D eigenvalue weighted by molar-refractivity contribution is 0.414. The lowest BCUT2D eigenvalue weighted by Crippen LogP contribution is -2.22. The molecule has 0 aliphatic rings. The molecule has 7 heteroatoms. The van der Waals surface area contributed by atoms with Crippen LogP contribution in [0.15, 0.2) is 23.4 Å². The summed E-state index contributed by atoms with van der Waals surface area (Å²) in [4.78, 5) is 4.33. The van der Waals surface area contributed by atoms with Crippen molar-refractivity contribution in [3.63, 3.8) is 0 Å². The zero-order chi connectivity index (χ0) is 15.1. The van der Waals surface area contributed by atoms with Gasteiger partial charge in [0, 0.05) is 32.3 Å². The van der Waals surface area contributed by atoms with Gasteiger partial charge >= 0.3 is 0 Å². The second-order valence-electron chi connectivity index (χ2n) is 5.04. The molecule has 0 saturated heterocycles. The van der Waals surface area contributed by atoms with Gasteiger partial charge in [0.2, 0.25) is 0 Å². The summed E-state index contributed by atoms with van der Waals surface area (Å²) < 4.78 is 32.9. The minimum atomic E-state index is -3.60. The van der Waals surface area contributed by atoms with E-state index in [1.54, 1.807) is 29.8 Å². The van der Waals surface area contributed by atoms with Crippen LogP contribution in [0.4, 0.5) is 0 Å². The summed E-state index contributed by atoms with van der Waals surface area (Å²) >= 11 is 0. The average Bonchev–Trinajstić information content (AvgIpc) is 2.77. The molecule has 2 aromatic heterocycles. The van der Waals surface area contributed by atoms with Crippen molar-refractivity contribution in [3.8, 4) is 5.75 Å². The molecule has 0 saturated carbocycles. The summed E-state index contributed by atoms with van der Waals surface area (Å²) in [7, 11) is 0.944. The summed E-state index contributed by atoms with van der Waals surface area (Å²) in [6.45, 7) is 3.95. The highest BCUT2D eigenvalue weighted by atomic mass is 32.2. The lowest BCUT2D eigenvalue weighted by atomic mass is 10.2. The smallest absolute Gasteiger partial charge is 0.262 e. The molecule has 2 heterocycles. The Morgan fingerprint density at radius 3 is 2.50 bits per heavy atom. The second-order valence-corrected chi connectivity index (χ2v) is 7.11. The van der Waals surface area contributed by atoms with Crippen LogP contribution in [0.2, 0.25) is 0 Å². The maximum Gasteiger partial charge on any atom is 0.262 e. The van der Waals surface area contributed by atoms with Crippen molar-refractivity contribution in [1.82, 2.24) is 13.7 Å². The van der Waals surface area contributed by atoms with Crippen LogP contribution in [0.1, 0.15) is 25.6 Å². The van der Waals surface area contributed by atoms with Crippen LogP contribution < -0.4 is 4.74 Å². The fraction of sp³-hybridized carbons (Fsp3) is 0.462. The molecule has 0 fully saturated rings. The van der Waals surface area contributed by atoms with E-state index >= 15 is 0 Å². The van der Waals surface area contributed by atoms with Crippen LogP contribution in [0.25, 0.3) is 5.52 Å². The van der Waals surface area contributed by atoms with Gasteiger partial charge in [0.05, 0.1) is 12.6 Å². The van der Waals surface area contributed by atoms with Gasteiger partial charge in [0.1, 0.15) is 11.6 Å². The van der Waals surface area contributed by atoms with Crippen LogP contribution in [0.3, 0.4) is 0 Å². The first-order chi connectivity index (χ1) is 9.28. The predicted octanol–water partition coefficient (Wildman–Crippen LogP) is 1.72. The number of rotatable bonds is 4. The molecule has 0 N–H and O–H groups in total. The maximum absolute atomic E-state index is 12.4. The summed E-state index contributed by atoms with van der Waals surface area (Å²) in [5.74, 6) is 1.42. The normalized spacial score (nSPS) is 12.6. The van der Waals surface area contributed by atoms with E-state index in [1.807, 2.05) is 13.8 Å². The molecule has 0 amide bonds. The molecule has 0 radical (unpaired) electrons. The van der Waals surface area contributed by atoms with Gasteiger partial charge in [-0.2, -0.15) is 0 Å². The van der Waals surface area contributed by atoms with Crippen molar-refractivity contribution < 1.29 is 13.2 Å². The molecule has 20 heavy (non-hydrogen) atoms. The van der Waals surface area contributed by atoms with Crippen molar-refractivity contribution >= 4 is 15.5 Å². The fourth-order valence-corrected chi connectivity index (χ4v) is 2.93. The van der Waals surface area contributed by atoms with Crippen LogP contribution in [0.5, 0.6) is 5.75 Å². The Morgan fingerprint density at radius 1 is 1.35 bits per heavy atom. The van der Waals surface area contributed by atoms with Crippen LogP contribution in [-0.2, 0) is 10.0 Å². The third kappa shape index (κ3) is 2.27. The minimum Gasteiger partial charge on any atom is -0.497 e. The quantitative estimate of drug-likeness (QED) is 0.862. The van der Waals surface area contributed by atoms with Gasteiger partial charge in [0.25, 0.3) is 10.0 Å². The summed E-state index contributed by atoms with van der Waals surface area (Å²) in [6.07, 6.45) is 1.78. The molecule has 6 nitrogen and oxygen atoms in total. The van der Waals surface area contributed by atoms with E-state index < -0.39 is 10.0 Å². The third-order valence-electron chi connectivity index (χ3n) is 3.09. The van der Waals surface area contributed by atoms with Gasteiger partial charge in [-0.15, -0.1) is 0 Å². The SMILES string of the molecule is COc1ccn2c(C(C)C)nc(S(=O)(=O)N(C)C)c2c1. The van der Waals surface area contributed by atoms with E-state index in [0.717, 1.165) is 0 Å². The van der Waals surface area contributed by atoms with Gasteiger partial charge < -0.3 is 9.14 Å². The number of methoxy groups -OCH3 is 1. The standard InChI is InChI=1S/C13H19N3O3S/c1-9(2)12-14-13(20(17,18)15(3)4)11-8-10(19-5)6-7-16(11)12/h6-9H,1-5H3. The first kappa shape index (κ1) is 14.8. The number of aromatic nitrogens is 2. The molecular formula is C13H19N3O3S.